The van der Waals surface area contributed by atoms with Crippen molar-refractivity contribution in [1.29, 1.82) is 0 Å². The summed E-state index contributed by atoms with van der Waals surface area (Å²) in [6.45, 7) is 6.32. The van der Waals surface area contributed by atoms with Crippen LogP contribution < -0.4 is 4.74 Å². The van der Waals surface area contributed by atoms with E-state index in [1.54, 1.807) is 10.9 Å². The zero-order valence-electron chi connectivity index (χ0n) is 18.4. The second kappa shape index (κ2) is 8.19. The van der Waals surface area contributed by atoms with Gasteiger partial charge in [0, 0.05) is 18.8 Å². The Bertz CT molecular complexity index is 1110. The molecule has 1 aromatic heterocycles. The molecule has 1 N–H and O–H groups in total. The summed E-state index contributed by atoms with van der Waals surface area (Å²) in [6.07, 6.45) is 4.59. The fraction of sp³-hybridized carbons (Fsp3) is 0.360. The van der Waals surface area contributed by atoms with E-state index in [2.05, 4.69) is 11.2 Å². The molecule has 0 amide bonds. The van der Waals surface area contributed by atoms with Gasteiger partial charge in [0.1, 0.15) is 5.75 Å². The van der Waals surface area contributed by atoms with Crippen LogP contribution in [0.15, 0.2) is 48.8 Å². The van der Waals surface area contributed by atoms with Crippen molar-refractivity contribution in [1.82, 2.24) is 9.78 Å². The van der Waals surface area contributed by atoms with Crippen LogP contribution in [0.5, 0.6) is 5.75 Å². The highest BCUT2D eigenvalue weighted by molar-refractivity contribution is 5.83. The molecule has 0 bridgehead atoms. The maximum Gasteiger partial charge on any atom is 0.337 e. The Morgan fingerprint density at radius 2 is 1.94 bits per heavy atom. The number of nitrogens with zero attached hydrogens (tertiary/aromatic N) is 2. The number of hydrogen-bond acceptors (Lipinski definition) is 4. The number of aliphatic carboxylic acids is 1. The quantitative estimate of drug-likeness (QED) is 0.627. The molecule has 0 aliphatic carbocycles. The maximum absolute atomic E-state index is 12.2. The fourth-order valence-electron chi connectivity index (χ4n) is 3.91. The Labute approximate surface area is 182 Å². The van der Waals surface area contributed by atoms with Crippen molar-refractivity contribution in [3.05, 3.63) is 59.9 Å². The van der Waals surface area contributed by atoms with E-state index in [0.717, 1.165) is 53.0 Å². The van der Waals surface area contributed by atoms with E-state index in [0.29, 0.717) is 5.56 Å². The molecule has 162 valence electrons. The van der Waals surface area contributed by atoms with Crippen LogP contribution in [0, 0.1) is 0 Å². The molecule has 6 nitrogen and oxygen atoms in total. The zero-order valence-corrected chi connectivity index (χ0v) is 18.4. The van der Waals surface area contributed by atoms with Crippen molar-refractivity contribution in [2.75, 3.05) is 6.61 Å². The molecular weight excluding hydrogens is 392 g/mol. The van der Waals surface area contributed by atoms with E-state index in [1.807, 2.05) is 64.3 Å². The minimum absolute atomic E-state index is 0.605. The first-order valence-electron chi connectivity index (χ1n) is 10.5. The molecule has 1 atom stereocenters. The van der Waals surface area contributed by atoms with Crippen molar-refractivity contribution in [3.8, 4) is 28.0 Å². The summed E-state index contributed by atoms with van der Waals surface area (Å²) in [5.74, 6) is -0.104. The Kier molecular flexibility index (Phi) is 5.58. The maximum atomic E-state index is 12.2. The SMILES string of the molecule is Cn1cc(-c2ccc(C(OC(C)(C)C)C(=O)O)c(-c3ccc4c(c3)CCCO4)c2)cn1. The van der Waals surface area contributed by atoms with Gasteiger partial charge in [-0.3, -0.25) is 4.68 Å². The standard InChI is InChI=1S/C25H28N2O4/c1-25(2,3)31-23(24(28)29)20-9-7-16(19-14-26-27(4)15-19)13-21(20)17-8-10-22-18(12-17)6-5-11-30-22/h7-10,12-15,23H,5-6,11H2,1-4H3,(H,28,29). The number of ether oxygens (including phenoxy) is 2. The van der Waals surface area contributed by atoms with Gasteiger partial charge in [-0.25, -0.2) is 4.79 Å². The summed E-state index contributed by atoms with van der Waals surface area (Å²) in [5.41, 5.74) is 4.91. The minimum atomic E-state index is -1.08. The van der Waals surface area contributed by atoms with Crippen LogP contribution in [0.4, 0.5) is 0 Å². The largest absolute Gasteiger partial charge is 0.493 e. The number of carbonyl (C=O) groups is 1. The van der Waals surface area contributed by atoms with Crippen LogP contribution in [-0.4, -0.2) is 33.1 Å². The second-order valence-electron chi connectivity index (χ2n) is 8.93. The van der Waals surface area contributed by atoms with E-state index in [-0.39, 0.29) is 0 Å². The Hall–Kier alpha value is -3.12. The minimum Gasteiger partial charge on any atom is -0.493 e. The number of benzene rings is 2. The van der Waals surface area contributed by atoms with Gasteiger partial charge in [0.05, 0.1) is 18.4 Å². The number of aryl methyl sites for hydroxylation is 2. The van der Waals surface area contributed by atoms with Gasteiger partial charge >= 0.3 is 5.97 Å². The van der Waals surface area contributed by atoms with Crippen LogP contribution >= 0.6 is 0 Å². The predicted molar refractivity (Wildman–Crippen MR) is 119 cm³/mol. The topological polar surface area (TPSA) is 73.6 Å². The van der Waals surface area contributed by atoms with Gasteiger partial charge in [0.15, 0.2) is 6.10 Å². The zero-order chi connectivity index (χ0) is 22.2. The third kappa shape index (κ3) is 4.64. The molecule has 2 aromatic carbocycles. The molecule has 31 heavy (non-hydrogen) atoms. The van der Waals surface area contributed by atoms with E-state index < -0.39 is 17.7 Å². The number of hydrogen-bond donors (Lipinski definition) is 1. The second-order valence-corrected chi connectivity index (χ2v) is 8.93. The molecule has 2 heterocycles. The monoisotopic (exact) mass is 420 g/mol. The summed E-state index contributed by atoms with van der Waals surface area (Å²) < 4.78 is 13.5. The number of aromatic nitrogens is 2. The first-order chi connectivity index (χ1) is 14.7. The molecule has 0 saturated heterocycles. The lowest BCUT2D eigenvalue weighted by Crippen LogP contribution is -2.27. The van der Waals surface area contributed by atoms with E-state index in [1.165, 1.54) is 0 Å². The van der Waals surface area contributed by atoms with Gasteiger partial charge in [-0.05, 0) is 79.6 Å². The van der Waals surface area contributed by atoms with Crippen LogP contribution in [0.25, 0.3) is 22.3 Å². The molecule has 0 fully saturated rings. The molecule has 4 rings (SSSR count). The number of fused-ring (bicyclic) bond motifs is 1. The molecule has 0 spiro atoms. The fourth-order valence-corrected chi connectivity index (χ4v) is 3.91. The van der Waals surface area contributed by atoms with Crippen molar-refractivity contribution in [3.63, 3.8) is 0 Å². The first kappa shape index (κ1) is 21.1. The van der Waals surface area contributed by atoms with Crippen LogP contribution in [0.1, 0.15) is 44.4 Å². The Morgan fingerprint density at radius 3 is 2.61 bits per heavy atom. The van der Waals surface area contributed by atoms with Crippen molar-refractivity contribution < 1.29 is 19.4 Å². The molecule has 1 aliphatic rings. The van der Waals surface area contributed by atoms with Gasteiger partial charge < -0.3 is 14.6 Å². The summed E-state index contributed by atoms with van der Waals surface area (Å²) in [6, 6.07) is 11.9. The Balaban J connectivity index is 1.87. The van der Waals surface area contributed by atoms with E-state index >= 15 is 0 Å². The summed E-state index contributed by atoms with van der Waals surface area (Å²) in [4.78, 5) is 12.2. The molecule has 0 radical (unpaired) electrons. The highest BCUT2D eigenvalue weighted by Gasteiger charge is 2.29. The molecule has 3 aromatic rings. The first-order valence-corrected chi connectivity index (χ1v) is 10.5. The van der Waals surface area contributed by atoms with Crippen molar-refractivity contribution in [2.24, 2.45) is 7.05 Å². The van der Waals surface area contributed by atoms with Gasteiger partial charge in [-0.1, -0.05) is 18.2 Å². The van der Waals surface area contributed by atoms with Gasteiger partial charge in [-0.15, -0.1) is 0 Å². The highest BCUT2D eigenvalue weighted by atomic mass is 16.5. The lowest BCUT2D eigenvalue weighted by molar-refractivity contribution is -0.160. The lowest BCUT2D eigenvalue weighted by Gasteiger charge is -2.27. The average molecular weight is 421 g/mol. The molecular formula is C25H28N2O4. The molecule has 1 aliphatic heterocycles. The normalized spacial score (nSPS) is 14.6. The molecule has 6 heteroatoms. The van der Waals surface area contributed by atoms with Gasteiger partial charge in [0.2, 0.25) is 0 Å². The highest BCUT2D eigenvalue weighted by Crippen LogP contribution is 2.38. The van der Waals surface area contributed by atoms with Crippen LogP contribution in [0.2, 0.25) is 0 Å². The predicted octanol–water partition coefficient (Wildman–Crippen LogP) is 5.02. The lowest BCUT2D eigenvalue weighted by atomic mass is 9.90. The average Bonchev–Trinajstić information content (AvgIpc) is 3.17. The van der Waals surface area contributed by atoms with Crippen LogP contribution in [0.3, 0.4) is 0 Å². The summed E-state index contributed by atoms with van der Waals surface area (Å²) in [7, 11) is 1.87. The van der Waals surface area contributed by atoms with E-state index in [9.17, 15) is 9.90 Å². The van der Waals surface area contributed by atoms with Crippen LogP contribution in [-0.2, 0) is 23.0 Å². The molecule has 1 unspecified atom stereocenters. The molecule has 0 saturated carbocycles. The smallest absolute Gasteiger partial charge is 0.337 e. The number of carboxylic acid groups (broad SMARTS) is 1. The van der Waals surface area contributed by atoms with E-state index in [4.69, 9.17) is 9.47 Å². The Morgan fingerprint density at radius 1 is 1.16 bits per heavy atom. The third-order valence-corrected chi connectivity index (χ3v) is 5.29. The van der Waals surface area contributed by atoms with Crippen molar-refractivity contribution in [2.45, 2.75) is 45.3 Å². The van der Waals surface area contributed by atoms with Gasteiger partial charge in [-0.2, -0.15) is 5.10 Å². The van der Waals surface area contributed by atoms with Crippen molar-refractivity contribution >= 4 is 5.97 Å². The summed E-state index contributed by atoms with van der Waals surface area (Å²) in [5, 5.41) is 14.3. The third-order valence-electron chi connectivity index (χ3n) is 5.29. The van der Waals surface area contributed by atoms with Gasteiger partial charge in [0.25, 0.3) is 0 Å². The summed E-state index contributed by atoms with van der Waals surface area (Å²) >= 11 is 0. The number of carboxylic acids is 1. The number of rotatable bonds is 5.